The molecule has 1 heterocycles. The van der Waals surface area contributed by atoms with Crippen LogP contribution in [0.2, 0.25) is 0 Å². The fourth-order valence-corrected chi connectivity index (χ4v) is 3.86. The first kappa shape index (κ1) is 20.0. The monoisotopic (exact) mass is 352 g/mol. The van der Waals surface area contributed by atoms with Crippen LogP contribution in [0.25, 0.3) is 0 Å². The number of aliphatic hydroxyl groups excluding tert-OH is 2. The summed E-state index contributed by atoms with van der Waals surface area (Å²) in [5.41, 5.74) is 0. The number of ether oxygens (including phenoxy) is 1. The van der Waals surface area contributed by atoms with Gasteiger partial charge in [0.05, 0.1) is 18.0 Å². The summed E-state index contributed by atoms with van der Waals surface area (Å²) in [4.78, 5) is 10.5. The van der Waals surface area contributed by atoms with E-state index >= 15 is 0 Å². The number of fused-ring (bicyclic) bond motifs is 1. The van der Waals surface area contributed by atoms with E-state index in [1.54, 1.807) is 0 Å². The van der Waals surface area contributed by atoms with Crippen LogP contribution in [0.5, 0.6) is 0 Å². The van der Waals surface area contributed by atoms with Crippen LogP contribution in [-0.4, -0.2) is 39.6 Å². The molecule has 0 aromatic carbocycles. The lowest BCUT2D eigenvalue weighted by Gasteiger charge is -2.16. The largest absolute Gasteiger partial charge is 0.495 e. The minimum atomic E-state index is -0.770. The molecule has 1 aliphatic carbocycles. The van der Waals surface area contributed by atoms with Gasteiger partial charge in [-0.2, -0.15) is 0 Å². The average molecular weight is 352 g/mol. The molecule has 5 heteroatoms. The van der Waals surface area contributed by atoms with Crippen molar-refractivity contribution in [3.05, 3.63) is 24.0 Å². The maximum absolute atomic E-state index is 10.5. The molecule has 0 radical (unpaired) electrons. The molecule has 25 heavy (non-hydrogen) atoms. The Labute approximate surface area is 150 Å². The Kier molecular flexibility index (Phi) is 7.97. The van der Waals surface area contributed by atoms with E-state index in [-0.39, 0.29) is 24.4 Å². The van der Waals surface area contributed by atoms with Gasteiger partial charge in [-0.15, -0.1) is 0 Å². The fraction of sp³-hybridized carbons (Fsp3) is 0.750. The molecule has 1 saturated heterocycles. The highest BCUT2D eigenvalue weighted by molar-refractivity contribution is 5.66. The van der Waals surface area contributed by atoms with Crippen LogP contribution in [0.1, 0.15) is 64.7 Å². The highest BCUT2D eigenvalue weighted by atomic mass is 16.5. The van der Waals surface area contributed by atoms with Crippen molar-refractivity contribution in [2.75, 3.05) is 0 Å². The van der Waals surface area contributed by atoms with E-state index in [0.717, 1.165) is 37.9 Å². The Morgan fingerprint density at radius 2 is 2.16 bits per heavy atom. The standard InChI is InChI=1S/C20H32O5/c1-2-3-4-7-14(21)10-11-16-17-12-15(8-5-6-9-20(23)24)25-19(17)13-18(16)22/h8,10-11,14,16-19,21-22H,2-7,9,12-13H2,1H3,(H,23,24)/b11-10+,15-8-/t14-,16-,17-,18-,19+/m1/s1. The van der Waals surface area contributed by atoms with E-state index in [0.29, 0.717) is 19.3 Å². The number of aliphatic hydroxyl groups is 2. The number of carboxylic acid groups (broad SMARTS) is 1. The van der Waals surface area contributed by atoms with Crippen LogP contribution in [0, 0.1) is 11.8 Å². The van der Waals surface area contributed by atoms with E-state index in [4.69, 9.17) is 9.84 Å². The van der Waals surface area contributed by atoms with Crippen LogP contribution < -0.4 is 0 Å². The molecule has 0 bridgehead atoms. The zero-order chi connectivity index (χ0) is 18.2. The van der Waals surface area contributed by atoms with Crippen molar-refractivity contribution in [2.45, 2.75) is 83.0 Å². The van der Waals surface area contributed by atoms with Crippen LogP contribution in [0.15, 0.2) is 24.0 Å². The van der Waals surface area contributed by atoms with Gasteiger partial charge in [-0.3, -0.25) is 4.79 Å². The zero-order valence-corrected chi connectivity index (χ0v) is 15.1. The van der Waals surface area contributed by atoms with Crippen LogP contribution in [0.3, 0.4) is 0 Å². The summed E-state index contributed by atoms with van der Waals surface area (Å²) in [7, 11) is 0. The van der Waals surface area contributed by atoms with Gasteiger partial charge in [0.2, 0.25) is 0 Å². The van der Waals surface area contributed by atoms with Gasteiger partial charge in [0, 0.05) is 31.1 Å². The molecule has 0 amide bonds. The molecular formula is C20H32O5. The Balaban J connectivity index is 1.83. The van der Waals surface area contributed by atoms with Gasteiger partial charge in [-0.1, -0.05) is 38.3 Å². The van der Waals surface area contributed by atoms with Crippen molar-refractivity contribution in [2.24, 2.45) is 11.8 Å². The third-order valence-corrected chi connectivity index (χ3v) is 5.26. The number of rotatable bonds is 10. The van der Waals surface area contributed by atoms with Crippen molar-refractivity contribution in [1.82, 2.24) is 0 Å². The molecule has 5 nitrogen and oxygen atoms in total. The van der Waals surface area contributed by atoms with Gasteiger partial charge in [-0.25, -0.2) is 0 Å². The van der Waals surface area contributed by atoms with Gasteiger partial charge in [0.1, 0.15) is 6.10 Å². The molecular weight excluding hydrogens is 320 g/mol. The first-order valence-electron chi connectivity index (χ1n) is 9.63. The van der Waals surface area contributed by atoms with Crippen molar-refractivity contribution in [3.8, 4) is 0 Å². The first-order valence-corrected chi connectivity index (χ1v) is 9.63. The molecule has 1 saturated carbocycles. The van der Waals surface area contributed by atoms with Gasteiger partial charge < -0.3 is 20.1 Å². The fourth-order valence-electron chi connectivity index (χ4n) is 3.86. The van der Waals surface area contributed by atoms with Crippen molar-refractivity contribution in [3.63, 3.8) is 0 Å². The third kappa shape index (κ3) is 6.15. The van der Waals surface area contributed by atoms with E-state index in [9.17, 15) is 15.0 Å². The topological polar surface area (TPSA) is 87.0 Å². The number of aliphatic carboxylic acids is 1. The van der Waals surface area contributed by atoms with E-state index in [2.05, 4.69) is 6.92 Å². The van der Waals surface area contributed by atoms with Crippen molar-refractivity contribution in [1.29, 1.82) is 0 Å². The number of hydrogen-bond donors (Lipinski definition) is 3. The lowest BCUT2D eigenvalue weighted by atomic mass is 9.90. The summed E-state index contributed by atoms with van der Waals surface area (Å²) < 4.78 is 5.94. The number of carbonyl (C=O) groups is 1. The average Bonchev–Trinajstić information content (AvgIpc) is 3.06. The lowest BCUT2D eigenvalue weighted by Crippen LogP contribution is -2.18. The molecule has 0 aromatic heterocycles. The van der Waals surface area contributed by atoms with E-state index in [1.165, 1.54) is 0 Å². The first-order chi connectivity index (χ1) is 12.0. The summed E-state index contributed by atoms with van der Waals surface area (Å²) in [5.74, 6) is 0.429. The second-order valence-electron chi connectivity index (χ2n) is 7.31. The Bertz CT molecular complexity index is 484. The number of allylic oxidation sites excluding steroid dienone is 2. The highest BCUT2D eigenvalue weighted by Crippen LogP contribution is 2.45. The Hall–Kier alpha value is -1.33. The molecule has 2 rings (SSSR count). The molecule has 2 aliphatic rings. The predicted octanol–water partition coefficient (Wildman–Crippen LogP) is 3.41. The molecule has 0 unspecified atom stereocenters. The van der Waals surface area contributed by atoms with Gasteiger partial charge in [0.15, 0.2) is 0 Å². The van der Waals surface area contributed by atoms with E-state index in [1.807, 2.05) is 18.2 Å². The summed E-state index contributed by atoms with van der Waals surface area (Å²) in [6, 6.07) is 0. The second-order valence-corrected chi connectivity index (χ2v) is 7.31. The van der Waals surface area contributed by atoms with Crippen LogP contribution in [-0.2, 0) is 9.53 Å². The van der Waals surface area contributed by atoms with Crippen molar-refractivity contribution < 1.29 is 24.9 Å². The second kappa shape index (κ2) is 9.97. The summed E-state index contributed by atoms with van der Waals surface area (Å²) in [6.07, 6.45) is 12.0. The van der Waals surface area contributed by atoms with Crippen LogP contribution >= 0.6 is 0 Å². The van der Waals surface area contributed by atoms with E-state index < -0.39 is 18.2 Å². The smallest absolute Gasteiger partial charge is 0.303 e. The molecule has 1 aliphatic heterocycles. The summed E-state index contributed by atoms with van der Waals surface area (Å²) in [5, 5.41) is 29.0. The predicted molar refractivity (Wildman–Crippen MR) is 96.0 cm³/mol. The summed E-state index contributed by atoms with van der Waals surface area (Å²) in [6.45, 7) is 2.14. The number of hydrogen-bond acceptors (Lipinski definition) is 4. The van der Waals surface area contributed by atoms with Crippen molar-refractivity contribution >= 4 is 5.97 Å². The normalized spacial score (nSPS) is 31.4. The molecule has 5 atom stereocenters. The third-order valence-electron chi connectivity index (χ3n) is 5.26. The quantitative estimate of drug-likeness (QED) is 0.414. The molecule has 3 N–H and O–H groups in total. The van der Waals surface area contributed by atoms with Gasteiger partial charge in [0.25, 0.3) is 0 Å². The van der Waals surface area contributed by atoms with Crippen LogP contribution in [0.4, 0.5) is 0 Å². The number of unbranched alkanes of at least 4 members (excludes halogenated alkanes) is 3. The Morgan fingerprint density at radius 1 is 1.36 bits per heavy atom. The maximum atomic E-state index is 10.5. The lowest BCUT2D eigenvalue weighted by molar-refractivity contribution is -0.137. The minimum Gasteiger partial charge on any atom is -0.495 e. The SMILES string of the molecule is CCCCC[C@@H](O)/C=C/[C@@H]1[C@H]2C/C(=C/CCCC(=O)O)O[C@H]2C[C@H]1O. The summed E-state index contributed by atoms with van der Waals surface area (Å²) >= 11 is 0. The molecule has 0 spiro atoms. The van der Waals surface area contributed by atoms with Gasteiger partial charge >= 0.3 is 5.97 Å². The maximum Gasteiger partial charge on any atom is 0.303 e. The zero-order valence-electron chi connectivity index (χ0n) is 15.1. The molecule has 0 aromatic rings. The molecule has 2 fully saturated rings. The highest BCUT2D eigenvalue weighted by Gasteiger charge is 2.46. The number of carboxylic acids is 1. The van der Waals surface area contributed by atoms with Gasteiger partial charge in [-0.05, 0) is 25.3 Å². The minimum absolute atomic E-state index is 0.0238. The Morgan fingerprint density at radius 3 is 2.88 bits per heavy atom. The molecule has 142 valence electrons.